The number of aromatic nitrogens is 1. The van der Waals surface area contributed by atoms with Crippen LogP contribution in [0.25, 0.3) is 0 Å². The van der Waals surface area contributed by atoms with Gasteiger partial charge in [-0.1, -0.05) is 0 Å². The van der Waals surface area contributed by atoms with Gasteiger partial charge in [-0.05, 0) is 35.8 Å². The molecule has 0 saturated carbocycles. The Morgan fingerprint density at radius 1 is 1.69 bits per heavy atom. The molecule has 3 nitrogen and oxygen atoms in total. The van der Waals surface area contributed by atoms with Crippen molar-refractivity contribution >= 4 is 15.9 Å². The number of nitrogens with two attached hydrogens (primary N) is 1. The molecule has 2 N–H and O–H groups in total. The number of aryl methyl sites for hydroxylation is 1. The average Bonchev–Trinajstić information content (AvgIpc) is 1.98. The third-order valence-corrected chi connectivity index (χ3v) is 2.15. The SMILES string of the molecule is Cc1cc(Br)cn(CC(C)N)c1=O. The van der Waals surface area contributed by atoms with Crippen molar-refractivity contribution < 1.29 is 0 Å². The largest absolute Gasteiger partial charge is 0.326 e. The van der Waals surface area contributed by atoms with E-state index in [9.17, 15) is 4.79 Å². The summed E-state index contributed by atoms with van der Waals surface area (Å²) in [7, 11) is 0. The van der Waals surface area contributed by atoms with E-state index in [1.165, 1.54) is 0 Å². The zero-order valence-corrected chi connectivity index (χ0v) is 9.34. The Labute approximate surface area is 85.7 Å². The minimum atomic E-state index is -0.00796. The maximum atomic E-state index is 11.5. The molecule has 0 fully saturated rings. The number of halogens is 1. The summed E-state index contributed by atoms with van der Waals surface area (Å²) < 4.78 is 2.54. The molecule has 72 valence electrons. The van der Waals surface area contributed by atoms with Crippen LogP contribution < -0.4 is 11.3 Å². The van der Waals surface area contributed by atoms with Crippen LogP contribution >= 0.6 is 15.9 Å². The van der Waals surface area contributed by atoms with E-state index >= 15 is 0 Å². The van der Waals surface area contributed by atoms with Crippen LogP contribution in [0.15, 0.2) is 21.5 Å². The molecule has 4 heteroatoms. The molecule has 0 amide bonds. The van der Waals surface area contributed by atoms with Crippen molar-refractivity contribution in [1.82, 2.24) is 4.57 Å². The molecule has 0 aliphatic carbocycles. The quantitative estimate of drug-likeness (QED) is 0.852. The molecule has 1 rings (SSSR count). The van der Waals surface area contributed by atoms with Crippen molar-refractivity contribution in [2.24, 2.45) is 5.73 Å². The standard InChI is InChI=1S/C9H13BrN2O/c1-6-3-8(10)5-12(9(6)13)4-7(2)11/h3,5,7H,4,11H2,1-2H3. The van der Waals surface area contributed by atoms with Crippen molar-refractivity contribution in [2.45, 2.75) is 26.4 Å². The van der Waals surface area contributed by atoms with Crippen LogP contribution in [0.3, 0.4) is 0 Å². The van der Waals surface area contributed by atoms with Crippen molar-refractivity contribution in [2.75, 3.05) is 0 Å². The van der Waals surface area contributed by atoms with Gasteiger partial charge in [-0.15, -0.1) is 0 Å². The maximum absolute atomic E-state index is 11.5. The van der Waals surface area contributed by atoms with Gasteiger partial charge in [-0.2, -0.15) is 0 Å². The smallest absolute Gasteiger partial charge is 0.253 e. The van der Waals surface area contributed by atoms with Crippen LogP contribution in [0.4, 0.5) is 0 Å². The monoisotopic (exact) mass is 244 g/mol. The van der Waals surface area contributed by atoms with Crippen LogP contribution in [0, 0.1) is 6.92 Å². The van der Waals surface area contributed by atoms with Gasteiger partial charge in [0.15, 0.2) is 0 Å². The van der Waals surface area contributed by atoms with E-state index < -0.39 is 0 Å². The molecule has 0 aliphatic rings. The van der Waals surface area contributed by atoms with Gasteiger partial charge in [0.1, 0.15) is 0 Å². The summed E-state index contributed by atoms with van der Waals surface area (Å²) in [6.45, 7) is 4.23. The number of hydrogen-bond donors (Lipinski definition) is 1. The predicted molar refractivity (Wildman–Crippen MR) is 56.8 cm³/mol. The molecule has 0 saturated heterocycles. The first-order valence-corrected chi connectivity index (χ1v) is 4.92. The first-order valence-electron chi connectivity index (χ1n) is 4.13. The van der Waals surface area contributed by atoms with Gasteiger partial charge in [0, 0.05) is 28.8 Å². The van der Waals surface area contributed by atoms with Crippen LogP contribution in [0.1, 0.15) is 12.5 Å². The fourth-order valence-electron chi connectivity index (χ4n) is 1.19. The predicted octanol–water partition coefficient (Wildman–Crippen LogP) is 1.27. The van der Waals surface area contributed by atoms with E-state index in [2.05, 4.69) is 15.9 Å². The molecule has 0 bridgehead atoms. The molecule has 1 aromatic rings. The van der Waals surface area contributed by atoms with Gasteiger partial charge < -0.3 is 10.3 Å². The highest BCUT2D eigenvalue weighted by Gasteiger charge is 2.03. The summed E-state index contributed by atoms with van der Waals surface area (Å²) in [4.78, 5) is 11.5. The summed E-state index contributed by atoms with van der Waals surface area (Å²) in [6, 6.07) is 1.80. The number of hydrogen-bond acceptors (Lipinski definition) is 2. The Kier molecular flexibility index (Phi) is 3.27. The Bertz CT molecular complexity index is 357. The maximum Gasteiger partial charge on any atom is 0.253 e. The molecule has 1 aromatic heterocycles. The zero-order valence-electron chi connectivity index (χ0n) is 7.75. The molecule has 13 heavy (non-hydrogen) atoms. The van der Waals surface area contributed by atoms with E-state index in [1.54, 1.807) is 23.8 Å². The fourth-order valence-corrected chi connectivity index (χ4v) is 1.78. The Hall–Kier alpha value is -0.610. The summed E-state index contributed by atoms with van der Waals surface area (Å²) in [6.07, 6.45) is 1.76. The topological polar surface area (TPSA) is 48.0 Å². The third-order valence-electron chi connectivity index (χ3n) is 1.72. The van der Waals surface area contributed by atoms with Gasteiger partial charge in [0.2, 0.25) is 0 Å². The van der Waals surface area contributed by atoms with E-state index in [-0.39, 0.29) is 11.6 Å². The molecule has 0 spiro atoms. The molecule has 1 atom stereocenters. The summed E-state index contributed by atoms with van der Waals surface area (Å²) in [5.41, 5.74) is 6.38. The lowest BCUT2D eigenvalue weighted by atomic mass is 10.3. The lowest BCUT2D eigenvalue weighted by molar-refractivity contribution is 0.571. The van der Waals surface area contributed by atoms with E-state index in [4.69, 9.17) is 5.73 Å². The van der Waals surface area contributed by atoms with Crippen molar-refractivity contribution in [1.29, 1.82) is 0 Å². The van der Waals surface area contributed by atoms with Gasteiger partial charge >= 0.3 is 0 Å². The van der Waals surface area contributed by atoms with Gasteiger partial charge in [0.25, 0.3) is 5.56 Å². The normalized spacial score (nSPS) is 12.9. The second kappa shape index (κ2) is 4.07. The minimum Gasteiger partial charge on any atom is -0.326 e. The summed E-state index contributed by atoms with van der Waals surface area (Å²) in [5.74, 6) is 0. The Morgan fingerprint density at radius 3 is 2.85 bits per heavy atom. The summed E-state index contributed by atoms with van der Waals surface area (Å²) >= 11 is 3.34. The second-order valence-electron chi connectivity index (χ2n) is 3.28. The molecule has 0 aromatic carbocycles. The Balaban J connectivity index is 3.13. The van der Waals surface area contributed by atoms with Gasteiger partial charge in [-0.25, -0.2) is 0 Å². The van der Waals surface area contributed by atoms with E-state index in [1.807, 2.05) is 6.92 Å². The summed E-state index contributed by atoms with van der Waals surface area (Å²) in [5, 5.41) is 0. The third kappa shape index (κ3) is 2.67. The fraction of sp³-hybridized carbons (Fsp3) is 0.444. The zero-order chi connectivity index (χ0) is 10.0. The lowest BCUT2D eigenvalue weighted by Crippen LogP contribution is -2.30. The second-order valence-corrected chi connectivity index (χ2v) is 4.19. The van der Waals surface area contributed by atoms with Gasteiger partial charge in [-0.3, -0.25) is 4.79 Å². The first-order chi connectivity index (χ1) is 6.00. The number of rotatable bonds is 2. The molecule has 0 radical (unpaired) electrons. The van der Waals surface area contributed by atoms with Gasteiger partial charge in [0.05, 0.1) is 0 Å². The highest BCUT2D eigenvalue weighted by atomic mass is 79.9. The minimum absolute atomic E-state index is 0.00796. The van der Waals surface area contributed by atoms with Crippen LogP contribution in [-0.4, -0.2) is 10.6 Å². The Morgan fingerprint density at radius 2 is 2.31 bits per heavy atom. The average molecular weight is 245 g/mol. The lowest BCUT2D eigenvalue weighted by Gasteiger charge is -2.09. The van der Waals surface area contributed by atoms with Crippen molar-refractivity contribution in [3.05, 3.63) is 32.7 Å². The number of pyridine rings is 1. The van der Waals surface area contributed by atoms with Crippen molar-refractivity contribution in [3.63, 3.8) is 0 Å². The molecular formula is C9H13BrN2O. The number of nitrogens with zero attached hydrogens (tertiary/aromatic N) is 1. The molecule has 1 unspecified atom stereocenters. The van der Waals surface area contributed by atoms with E-state index in [0.717, 1.165) is 10.0 Å². The highest BCUT2D eigenvalue weighted by Crippen LogP contribution is 2.07. The molecular weight excluding hydrogens is 232 g/mol. The van der Waals surface area contributed by atoms with Crippen LogP contribution in [-0.2, 0) is 6.54 Å². The van der Waals surface area contributed by atoms with E-state index in [0.29, 0.717) is 6.54 Å². The molecule has 0 aliphatic heterocycles. The van der Waals surface area contributed by atoms with Crippen LogP contribution in [0.2, 0.25) is 0 Å². The van der Waals surface area contributed by atoms with Crippen molar-refractivity contribution in [3.8, 4) is 0 Å². The van der Waals surface area contributed by atoms with Crippen LogP contribution in [0.5, 0.6) is 0 Å². The molecule has 1 heterocycles. The first kappa shape index (κ1) is 10.5. The highest BCUT2D eigenvalue weighted by molar-refractivity contribution is 9.10.